The molecule has 0 aromatic rings. The van der Waals surface area contributed by atoms with Gasteiger partial charge in [0.1, 0.15) is 0 Å². The number of rotatable bonds is 0. The second kappa shape index (κ2) is 7.10. The van der Waals surface area contributed by atoms with Gasteiger partial charge in [-0.05, 0) is 97.6 Å². The average Bonchev–Trinajstić information content (AvgIpc) is 2.95. The zero-order valence-electron chi connectivity index (χ0n) is 26.4. The molecule has 0 amide bonds. The van der Waals surface area contributed by atoms with Crippen molar-refractivity contribution < 1.29 is 0 Å². The molecule has 0 heteroatoms. The zero-order chi connectivity index (χ0) is 26.4. The Morgan fingerprint density at radius 2 is 0.529 bits per heavy atom. The monoisotopic (exact) mass is 470 g/mol. The predicted octanol–water partition coefficient (Wildman–Crippen LogP) is 10.1. The smallest absolute Gasteiger partial charge is 0.0173 e. The van der Waals surface area contributed by atoms with Crippen LogP contribution in [0.5, 0.6) is 0 Å². The molecule has 34 heavy (non-hydrogen) atoms. The van der Waals surface area contributed by atoms with E-state index >= 15 is 0 Å². The summed E-state index contributed by atoms with van der Waals surface area (Å²) in [5, 5.41) is 0. The second-order valence-corrected chi connectivity index (χ2v) is 16.3. The van der Waals surface area contributed by atoms with E-state index in [4.69, 9.17) is 0 Å². The van der Waals surface area contributed by atoms with Gasteiger partial charge in [-0.3, -0.25) is 0 Å². The van der Waals surface area contributed by atoms with E-state index in [0.29, 0.717) is 38.9 Å². The number of hydrogen-bond donors (Lipinski definition) is 0. The van der Waals surface area contributed by atoms with Crippen LogP contribution in [-0.2, 0) is 0 Å². The summed E-state index contributed by atoms with van der Waals surface area (Å²) in [5.74, 6) is 8.25. The fourth-order valence-corrected chi connectivity index (χ4v) is 14.3. The van der Waals surface area contributed by atoms with Crippen LogP contribution in [0, 0.1) is 97.6 Å². The highest BCUT2D eigenvalue weighted by Crippen LogP contribution is 2.89. The molecule has 17 unspecified atom stereocenters. The van der Waals surface area contributed by atoms with Gasteiger partial charge >= 0.3 is 0 Å². The van der Waals surface area contributed by atoms with Crippen LogP contribution in [0.1, 0.15) is 118 Å². The van der Waals surface area contributed by atoms with Crippen molar-refractivity contribution in [2.45, 2.75) is 118 Å². The molecule has 198 valence electrons. The van der Waals surface area contributed by atoms with E-state index in [1.165, 1.54) is 0 Å². The fraction of sp³-hybridized carbons (Fsp3) is 1.00. The lowest BCUT2D eigenvalue weighted by molar-refractivity contribution is -0.386. The van der Waals surface area contributed by atoms with Gasteiger partial charge in [-0.2, -0.15) is 0 Å². The Morgan fingerprint density at radius 1 is 0.265 bits per heavy atom. The number of hydrogen-bond acceptors (Lipinski definition) is 0. The summed E-state index contributed by atoms with van der Waals surface area (Å²) in [5.41, 5.74) is 1.93. The predicted molar refractivity (Wildman–Crippen MR) is 149 cm³/mol. The average molecular weight is 471 g/mol. The lowest BCUT2D eigenvalue weighted by Crippen LogP contribution is -2.81. The Kier molecular flexibility index (Phi) is 5.65. The maximum atomic E-state index is 2.84. The van der Waals surface area contributed by atoms with Crippen LogP contribution in [0.3, 0.4) is 0 Å². The Labute approximate surface area is 215 Å². The van der Waals surface area contributed by atoms with Crippen molar-refractivity contribution in [3.8, 4) is 0 Å². The largest absolute Gasteiger partial charge is 0.0620 e. The van der Waals surface area contributed by atoms with Gasteiger partial charge in [0, 0.05) is 0 Å². The summed E-state index contributed by atoms with van der Waals surface area (Å²) in [6.07, 6.45) is 0. The van der Waals surface area contributed by atoms with E-state index in [-0.39, 0.29) is 5.41 Å². The highest BCUT2D eigenvalue weighted by atomic mass is 14.9. The Bertz CT molecular complexity index is 843. The highest BCUT2D eigenvalue weighted by Gasteiger charge is 2.85. The normalized spacial score (nSPS) is 70.3. The van der Waals surface area contributed by atoms with Crippen LogP contribution in [0.2, 0.25) is 0 Å². The van der Waals surface area contributed by atoms with Crippen molar-refractivity contribution in [3.63, 3.8) is 0 Å². The molecule has 0 radical (unpaired) electrons. The second-order valence-electron chi connectivity index (χ2n) is 16.3. The molecule has 0 aromatic carbocycles. The lowest BCUT2D eigenvalue weighted by Gasteiger charge is -2.85. The van der Waals surface area contributed by atoms with Crippen molar-refractivity contribution in [3.05, 3.63) is 0 Å². The van der Waals surface area contributed by atoms with Crippen molar-refractivity contribution in [1.82, 2.24) is 0 Å². The van der Waals surface area contributed by atoms with E-state index in [1.807, 2.05) is 0 Å². The minimum atomic E-state index is 0.286. The van der Waals surface area contributed by atoms with Crippen LogP contribution in [-0.4, -0.2) is 0 Å². The Hall–Kier alpha value is 0. The summed E-state index contributed by atoms with van der Waals surface area (Å²) in [6, 6.07) is 0. The van der Waals surface area contributed by atoms with E-state index in [2.05, 4.69) is 118 Å². The summed E-state index contributed by atoms with van der Waals surface area (Å²) < 4.78 is 0. The summed E-state index contributed by atoms with van der Waals surface area (Å²) >= 11 is 0. The minimum absolute atomic E-state index is 0.286. The Morgan fingerprint density at radius 3 is 0.882 bits per heavy atom. The van der Waals surface area contributed by atoms with Crippen LogP contribution in [0.4, 0.5) is 0 Å². The summed E-state index contributed by atoms with van der Waals surface area (Å²) in [4.78, 5) is 0. The molecule has 0 N–H and O–H groups in total. The fourth-order valence-electron chi connectivity index (χ4n) is 14.3. The van der Waals surface area contributed by atoms with Gasteiger partial charge in [0.05, 0.1) is 0 Å². The lowest BCUT2D eigenvalue weighted by atomic mass is 9.18. The maximum Gasteiger partial charge on any atom is -0.0173 e. The highest BCUT2D eigenvalue weighted by molar-refractivity contribution is 5.32. The molecule has 0 aromatic heterocycles. The standard InChI is InChI=1S/C34H62/c1-18-19(2)23(6)31(14)29(12,21(18)4)25(8)27(10)34(17)32(15)24(7)20(3)22(5)30(32,13)26(9)28(11)33(31,34)16/h18-28H,1-17H3. The molecule has 0 saturated heterocycles. The third-order valence-corrected chi connectivity index (χ3v) is 18.4. The minimum Gasteiger partial charge on any atom is -0.0620 e. The molecule has 0 spiro atoms. The van der Waals surface area contributed by atoms with Crippen LogP contribution < -0.4 is 0 Å². The first-order valence-corrected chi connectivity index (χ1v) is 15.2. The van der Waals surface area contributed by atoms with Gasteiger partial charge in [0.25, 0.3) is 0 Å². The third kappa shape index (κ3) is 2.10. The van der Waals surface area contributed by atoms with Gasteiger partial charge in [-0.25, -0.2) is 0 Å². The van der Waals surface area contributed by atoms with Gasteiger partial charge in [0.2, 0.25) is 0 Å². The van der Waals surface area contributed by atoms with E-state index in [0.717, 1.165) is 53.3 Å². The SMILES string of the molecule is CC1C(C)C(C)C2(C)C(C)(C1C)C(C)C(C)C1(C)C3(C)C(C)C(C)C(C)C3(C)C(C)C(C)C21C. The molecule has 17 atom stereocenters. The van der Waals surface area contributed by atoms with Gasteiger partial charge < -0.3 is 0 Å². The van der Waals surface area contributed by atoms with E-state index in [9.17, 15) is 0 Å². The van der Waals surface area contributed by atoms with Crippen molar-refractivity contribution in [1.29, 1.82) is 0 Å². The van der Waals surface area contributed by atoms with Crippen LogP contribution in [0.15, 0.2) is 0 Å². The van der Waals surface area contributed by atoms with Crippen LogP contribution >= 0.6 is 0 Å². The molecule has 4 rings (SSSR count). The van der Waals surface area contributed by atoms with Crippen molar-refractivity contribution >= 4 is 0 Å². The van der Waals surface area contributed by atoms with Gasteiger partial charge in [-0.1, -0.05) is 118 Å². The first-order chi connectivity index (χ1) is 15.2. The van der Waals surface area contributed by atoms with Crippen LogP contribution in [0.25, 0.3) is 0 Å². The number of fused-ring (bicyclic) bond motifs is 5. The first kappa shape index (κ1) is 27.0. The molecule has 4 saturated carbocycles. The molecule has 0 bridgehead atoms. The van der Waals surface area contributed by atoms with Gasteiger partial charge in [0.15, 0.2) is 0 Å². The van der Waals surface area contributed by atoms with E-state index in [1.54, 1.807) is 0 Å². The summed E-state index contributed by atoms with van der Waals surface area (Å²) in [7, 11) is 0. The summed E-state index contributed by atoms with van der Waals surface area (Å²) in [6.45, 7) is 46.0. The molecular formula is C34H62. The quantitative estimate of drug-likeness (QED) is 0.330. The molecule has 0 aliphatic heterocycles. The molecule has 0 heterocycles. The molecule has 4 aliphatic rings. The van der Waals surface area contributed by atoms with E-state index < -0.39 is 0 Å². The topological polar surface area (TPSA) is 0 Å². The Balaban J connectivity index is 2.15. The zero-order valence-corrected chi connectivity index (χ0v) is 26.4. The molecule has 0 nitrogen and oxygen atoms in total. The van der Waals surface area contributed by atoms with Crippen molar-refractivity contribution in [2.24, 2.45) is 97.6 Å². The third-order valence-electron chi connectivity index (χ3n) is 18.4. The van der Waals surface area contributed by atoms with Crippen molar-refractivity contribution in [2.75, 3.05) is 0 Å². The molecule has 4 aliphatic carbocycles. The van der Waals surface area contributed by atoms with Gasteiger partial charge in [-0.15, -0.1) is 0 Å². The first-order valence-electron chi connectivity index (χ1n) is 15.2. The maximum absolute atomic E-state index is 2.84. The molecular weight excluding hydrogens is 408 g/mol. The molecule has 4 fully saturated rings.